The lowest BCUT2D eigenvalue weighted by Gasteiger charge is -2.13. The van der Waals surface area contributed by atoms with Gasteiger partial charge in [-0.3, -0.25) is 9.59 Å². The Labute approximate surface area is 196 Å². The first kappa shape index (κ1) is 23.6. The first-order chi connectivity index (χ1) is 16.0. The molecule has 0 spiro atoms. The Morgan fingerprint density at radius 1 is 0.909 bits per heavy atom. The number of anilines is 1. The maximum Gasteiger partial charge on any atom is 0.329 e. The van der Waals surface area contributed by atoms with E-state index >= 15 is 0 Å². The van der Waals surface area contributed by atoms with Gasteiger partial charge in [0.1, 0.15) is 12.4 Å². The molecule has 0 unspecified atom stereocenters. The fourth-order valence-electron chi connectivity index (χ4n) is 2.85. The van der Waals surface area contributed by atoms with Crippen LogP contribution >= 0.6 is 11.6 Å². The summed E-state index contributed by atoms with van der Waals surface area (Å²) in [6.45, 7) is 0.203. The van der Waals surface area contributed by atoms with Crippen LogP contribution in [-0.4, -0.2) is 32.2 Å². The molecule has 3 rings (SSSR count). The highest BCUT2D eigenvalue weighted by atomic mass is 35.5. The fraction of sp³-hybridized carbons (Fsp3) is 0.125. The van der Waals surface area contributed by atoms with E-state index in [0.29, 0.717) is 33.5 Å². The van der Waals surface area contributed by atoms with Crippen molar-refractivity contribution >= 4 is 35.3 Å². The van der Waals surface area contributed by atoms with E-state index in [-0.39, 0.29) is 6.61 Å². The average Bonchev–Trinajstić information content (AvgIpc) is 2.84. The number of methoxy groups -OCH3 is 2. The molecular weight excluding hydrogens is 446 g/mol. The number of nitrogens with zero attached hydrogens (tertiary/aromatic N) is 1. The Morgan fingerprint density at radius 3 is 2.36 bits per heavy atom. The minimum Gasteiger partial charge on any atom is -0.495 e. The van der Waals surface area contributed by atoms with Crippen LogP contribution in [-0.2, 0) is 16.2 Å². The fourth-order valence-corrected chi connectivity index (χ4v) is 3.04. The van der Waals surface area contributed by atoms with Crippen molar-refractivity contribution in [1.82, 2.24) is 5.43 Å². The molecule has 0 aliphatic carbocycles. The summed E-state index contributed by atoms with van der Waals surface area (Å²) in [5.41, 5.74) is 3.90. The van der Waals surface area contributed by atoms with Gasteiger partial charge in [-0.2, -0.15) is 5.10 Å². The van der Waals surface area contributed by atoms with Crippen LogP contribution in [0.1, 0.15) is 11.1 Å². The van der Waals surface area contributed by atoms with Gasteiger partial charge in [0, 0.05) is 16.1 Å². The van der Waals surface area contributed by atoms with Crippen LogP contribution in [0, 0.1) is 0 Å². The molecule has 0 fully saturated rings. The van der Waals surface area contributed by atoms with Crippen LogP contribution < -0.4 is 25.0 Å². The Hall–Kier alpha value is -4.04. The molecule has 0 saturated heterocycles. The molecule has 170 valence electrons. The van der Waals surface area contributed by atoms with E-state index < -0.39 is 11.8 Å². The van der Waals surface area contributed by atoms with Crippen LogP contribution in [0.2, 0.25) is 5.02 Å². The second-order valence-electron chi connectivity index (χ2n) is 6.61. The first-order valence-electron chi connectivity index (χ1n) is 9.84. The second kappa shape index (κ2) is 11.5. The number of halogens is 1. The summed E-state index contributed by atoms with van der Waals surface area (Å²) < 4.78 is 16.5. The maximum absolute atomic E-state index is 12.2. The van der Waals surface area contributed by atoms with Gasteiger partial charge in [0.05, 0.1) is 26.1 Å². The normalized spacial score (nSPS) is 10.5. The number of carbonyl (C=O) groups excluding carboxylic acids is 2. The third kappa shape index (κ3) is 6.24. The molecule has 0 aliphatic rings. The summed E-state index contributed by atoms with van der Waals surface area (Å²) in [5.74, 6) is -0.516. The number of para-hydroxylation sites is 3. The summed E-state index contributed by atoms with van der Waals surface area (Å²) in [6.07, 6.45) is 1.36. The summed E-state index contributed by atoms with van der Waals surface area (Å²) in [7, 11) is 2.98. The zero-order chi connectivity index (χ0) is 23.6. The number of benzene rings is 3. The Bertz CT molecular complexity index is 1170. The van der Waals surface area contributed by atoms with Crippen molar-refractivity contribution in [3.05, 3.63) is 82.9 Å². The van der Waals surface area contributed by atoms with E-state index in [1.165, 1.54) is 20.4 Å². The average molecular weight is 468 g/mol. The van der Waals surface area contributed by atoms with Crippen molar-refractivity contribution in [3.8, 4) is 17.2 Å². The lowest BCUT2D eigenvalue weighted by Crippen LogP contribution is -2.32. The minimum absolute atomic E-state index is 0.203. The number of hydrogen-bond acceptors (Lipinski definition) is 6. The van der Waals surface area contributed by atoms with Gasteiger partial charge >= 0.3 is 11.8 Å². The molecule has 0 saturated carbocycles. The van der Waals surface area contributed by atoms with E-state index in [1.54, 1.807) is 48.5 Å². The lowest BCUT2D eigenvalue weighted by atomic mass is 10.2. The van der Waals surface area contributed by atoms with E-state index in [9.17, 15) is 9.59 Å². The number of hydrazone groups is 1. The van der Waals surface area contributed by atoms with Crippen LogP contribution in [0.25, 0.3) is 0 Å². The van der Waals surface area contributed by atoms with Crippen molar-refractivity contribution in [1.29, 1.82) is 0 Å². The van der Waals surface area contributed by atoms with Gasteiger partial charge in [-0.05, 0) is 30.3 Å². The molecule has 0 aliphatic heterocycles. The number of amides is 2. The Balaban J connectivity index is 1.68. The number of nitrogens with one attached hydrogen (secondary N) is 2. The van der Waals surface area contributed by atoms with E-state index in [1.807, 2.05) is 18.2 Å². The summed E-state index contributed by atoms with van der Waals surface area (Å²) >= 11 is 6.20. The monoisotopic (exact) mass is 467 g/mol. The van der Waals surface area contributed by atoms with Crippen LogP contribution in [0.4, 0.5) is 5.69 Å². The maximum atomic E-state index is 12.2. The smallest absolute Gasteiger partial charge is 0.329 e. The van der Waals surface area contributed by atoms with Crippen LogP contribution in [0.5, 0.6) is 17.2 Å². The molecule has 33 heavy (non-hydrogen) atoms. The highest BCUT2D eigenvalue weighted by Crippen LogP contribution is 2.31. The summed E-state index contributed by atoms with van der Waals surface area (Å²) in [5, 5.41) is 6.93. The zero-order valence-electron chi connectivity index (χ0n) is 18.0. The molecule has 2 N–H and O–H groups in total. The molecule has 0 radical (unpaired) electrons. The molecule has 0 heterocycles. The van der Waals surface area contributed by atoms with Crippen molar-refractivity contribution in [3.63, 3.8) is 0 Å². The third-order valence-electron chi connectivity index (χ3n) is 4.49. The molecular formula is C24H22ClN3O5. The van der Waals surface area contributed by atoms with Crippen LogP contribution in [0.3, 0.4) is 0 Å². The predicted molar refractivity (Wildman–Crippen MR) is 126 cm³/mol. The number of carbonyl (C=O) groups is 2. The first-order valence-corrected chi connectivity index (χ1v) is 10.2. The van der Waals surface area contributed by atoms with Gasteiger partial charge in [-0.25, -0.2) is 5.43 Å². The van der Waals surface area contributed by atoms with E-state index in [2.05, 4.69) is 15.8 Å². The molecule has 2 amide bonds. The number of ether oxygens (including phenoxy) is 3. The zero-order valence-corrected chi connectivity index (χ0v) is 18.8. The molecule has 0 bridgehead atoms. The Morgan fingerprint density at radius 2 is 1.61 bits per heavy atom. The van der Waals surface area contributed by atoms with Crippen molar-refractivity contribution in [2.75, 3.05) is 19.5 Å². The quantitative estimate of drug-likeness (QED) is 0.296. The molecule has 0 atom stereocenters. The van der Waals surface area contributed by atoms with Crippen molar-refractivity contribution in [2.24, 2.45) is 5.10 Å². The van der Waals surface area contributed by atoms with Gasteiger partial charge in [0.25, 0.3) is 0 Å². The highest BCUT2D eigenvalue weighted by molar-refractivity contribution is 6.39. The van der Waals surface area contributed by atoms with Gasteiger partial charge in [-0.1, -0.05) is 48.0 Å². The SMILES string of the molecule is COc1ccccc1NC(=O)C(=O)N/N=C\c1cccc(OC)c1OCc1ccccc1Cl. The molecule has 8 nitrogen and oxygen atoms in total. The molecule has 0 aromatic heterocycles. The van der Waals surface area contributed by atoms with Gasteiger partial charge in [0.15, 0.2) is 11.5 Å². The lowest BCUT2D eigenvalue weighted by molar-refractivity contribution is -0.136. The van der Waals surface area contributed by atoms with Crippen molar-refractivity contribution in [2.45, 2.75) is 6.61 Å². The van der Waals surface area contributed by atoms with Crippen LogP contribution in [0.15, 0.2) is 71.8 Å². The second-order valence-corrected chi connectivity index (χ2v) is 7.02. The number of rotatable bonds is 8. The molecule has 3 aromatic rings. The van der Waals surface area contributed by atoms with Gasteiger partial charge in [-0.15, -0.1) is 0 Å². The third-order valence-corrected chi connectivity index (χ3v) is 4.86. The number of hydrogen-bond donors (Lipinski definition) is 2. The Kier molecular flexibility index (Phi) is 8.26. The summed E-state index contributed by atoms with van der Waals surface area (Å²) in [4.78, 5) is 24.3. The minimum atomic E-state index is -0.946. The molecule has 9 heteroatoms. The van der Waals surface area contributed by atoms with Crippen molar-refractivity contribution < 1.29 is 23.8 Å². The van der Waals surface area contributed by atoms with Gasteiger partial charge in [0.2, 0.25) is 0 Å². The summed E-state index contributed by atoms with van der Waals surface area (Å²) in [6, 6.07) is 19.3. The topological polar surface area (TPSA) is 98.2 Å². The standard InChI is InChI=1S/C24H22ClN3O5/c1-31-20-12-6-5-11-19(20)27-23(29)24(30)28-26-14-16-9-7-13-21(32-2)22(16)33-15-17-8-3-4-10-18(17)25/h3-14H,15H2,1-2H3,(H,27,29)(H,28,30)/b26-14-. The largest absolute Gasteiger partial charge is 0.495 e. The predicted octanol–water partition coefficient (Wildman–Crippen LogP) is 4.03. The van der Waals surface area contributed by atoms with E-state index in [0.717, 1.165) is 5.56 Å². The highest BCUT2D eigenvalue weighted by Gasteiger charge is 2.15. The van der Waals surface area contributed by atoms with Gasteiger partial charge < -0.3 is 19.5 Å². The molecule has 3 aromatic carbocycles. The van der Waals surface area contributed by atoms with E-state index in [4.69, 9.17) is 25.8 Å².